The SMILES string of the molecule is N=Cc1ccccc1N.O=C(Nc1ccccc1)C1CC1. The molecule has 1 aliphatic carbocycles. The normalized spacial score (nSPS) is 12.8. The Bertz CT molecular complexity index is 606. The van der Waals surface area contributed by atoms with Gasteiger partial charge in [0.15, 0.2) is 0 Å². The van der Waals surface area contributed by atoms with Crippen LogP contribution < -0.4 is 11.1 Å². The molecule has 0 spiro atoms. The van der Waals surface area contributed by atoms with E-state index < -0.39 is 0 Å². The third-order valence-electron chi connectivity index (χ3n) is 3.14. The average Bonchev–Trinajstić information content (AvgIpc) is 3.34. The molecule has 0 heterocycles. The second-order valence-electron chi connectivity index (χ2n) is 4.90. The van der Waals surface area contributed by atoms with E-state index in [0.717, 1.165) is 24.1 Å². The molecule has 2 aromatic carbocycles. The number of nitrogens with one attached hydrogen (secondary N) is 2. The van der Waals surface area contributed by atoms with Crippen molar-refractivity contribution in [1.82, 2.24) is 0 Å². The zero-order valence-corrected chi connectivity index (χ0v) is 11.8. The number of carbonyl (C=O) groups is 1. The van der Waals surface area contributed by atoms with Gasteiger partial charge in [-0.25, -0.2) is 0 Å². The molecule has 1 fully saturated rings. The second-order valence-corrected chi connectivity index (χ2v) is 4.90. The number of carbonyl (C=O) groups excluding carboxylic acids is 1. The first kappa shape index (κ1) is 14.8. The van der Waals surface area contributed by atoms with E-state index in [1.54, 1.807) is 6.07 Å². The summed E-state index contributed by atoms with van der Waals surface area (Å²) in [5.74, 6) is 0.450. The minimum atomic E-state index is 0.168. The van der Waals surface area contributed by atoms with Gasteiger partial charge in [-0.15, -0.1) is 0 Å². The summed E-state index contributed by atoms with van der Waals surface area (Å²) >= 11 is 0. The summed E-state index contributed by atoms with van der Waals surface area (Å²) in [6.07, 6.45) is 3.35. The number of para-hydroxylation sites is 2. The van der Waals surface area contributed by atoms with Crippen molar-refractivity contribution in [3.63, 3.8) is 0 Å². The van der Waals surface area contributed by atoms with Crippen molar-refractivity contribution in [3.8, 4) is 0 Å². The van der Waals surface area contributed by atoms with Crippen molar-refractivity contribution in [2.24, 2.45) is 5.92 Å². The van der Waals surface area contributed by atoms with Crippen LogP contribution in [0.2, 0.25) is 0 Å². The highest BCUT2D eigenvalue weighted by Gasteiger charge is 2.29. The Labute approximate surface area is 124 Å². The zero-order valence-electron chi connectivity index (χ0n) is 11.8. The van der Waals surface area contributed by atoms with Gasteiger partial charge in [-0.1, -0.05) is 36.4 Å². The number of nitrogens with two attached hydrogens (primary N) is 1. The van der Waals surface area contributed by atoms with Gasteiger partial charge in [-0.2, -0.15) is 0 Å². The molecule has 0 aliphatic heterocycles. The Morgan fingerprint density at radius 1 is 1.10 bits per heavy atom. The molecule has 0 radical (unpaired) electrons. The number of anilines is 2. The van der Waals surface area contributed by atoms with Crippen LogP contribution in [-0.2, 0) is 4.79 Å². The topological polar surface area (TPSA) is 79.0 Å². The first-order valence-corrected chi connectivity index (χ1v) is 6.91. The molecule has 4 nitrogen and oxygen atoms in total. The van der Waals surface area contributed by atoms with Gasteiger partial charge in [-0.05, 0) is 31.0 Å². The van der Waals surface area contributed by atoms with Crippen LogP contribution in [0.4, 0.5) is 11.4 Å². The lowest BCUT2D eigenvalue weighted by atomic mass is 10.2. The highest BCUT2D eigenvalue weighted by atomic mass is 16.2. The third kappa shape index (κ3) is 4.76. The minimum absolute atomic E-state index is 0.168. The van der Waals surface area contributed by atoms with Crippen molar-refractivity contribution in [2.45, 2.75) is 12.8 Å². The van der Waals surface area contributed by atoms with Crippen LogP contribution in [0, 0.1) is 11.3 Å². The lowest BCUT2D eigenvalue weighted by Crippen LogP contribution is -2.12. The quantitative estimate of drug-likeness (QED) is 0.596. The number of amides is 1. The fourth-order valence-electron chi connectivity index (χ4n) is 1.75. The number of hydrogen-bond donors (Lipinski definition) is 3. The highest BCUT2D eigenvalue weighted by molar-refractivity contribution is 5.93. The Balaban J connectivity index is 0.000000161. The fraction of sp³-hybridized carbons (Fsp3) is 0.176. The van der Waals surface area contributed by atoms with E-state index in [0.29, 0.717) is 5.69 Å². The fourth-order valence-corrected chi connectivity index (χ4v) is 1.75. The van der Waals surface area contributed by atoms with Gasteiger partial charge in [-0.3, -0.25) is 4.79 Å². The molecule has 0 bridgehead atoms. The molecule has 3 rings (SSSR count). The lowest BCUT2D eigenvalue weighted by Gasteiger charge is -2.01. The van der Waals surface area contributed by atoms with E-state index in [9.17, 15) is 4.79 Å². The van der Waals surface area contributed by atoms with Crippen LogP contribution in [0.25, 0.3) is 0 Å². The van der Waals surface area contributed by atoms with Crippen LogP contribution in [0.15, 0.2) is 54.6 Å². The number of rotatable bonds is 3. The number of benzene rings is 2. The number of hydrogen-bond acceptors (Lipinski definition) is 3. The molecule has 0 saturated heterocycles. The summed E-state index contributed by atoms with van der Waals surface area (Å²) in [6.45, 7) is 0. The van der Waals surface area contributed by atoms with Gasteiger partial charge < -0.3 is 16.5 Å². The van der Waals surface area contributed by atoms with Gasteiger partial charge in [0, 0.05) is 29.1 Å². The predicted molar refractivity (Wildman–Crippen MR) is 86.5 cm³/mol. The van der Waals surface area contributed by atoms with E-state index in [2.05, 4.69) is 5.32 Å². The summed E-state index contributed by atoms with van der Waals surface area (Å²) < 4.78 is 0. The maximum atomic E-state index is 11.3. The van der Waals surface area contributed by atoms with Gasteiger partial charge >= 0.3 is 0 Å². The molecule has 0 atom stereocenters. The Kier molecular flexibility index (Phi) is 5.10. The van der Waals surface area contributed by atoms with Crippen molar-refractivity contribution in [1.29, 1.82) is 5.41 Å². The highest BCUT2D eigenvalue weighted by Crippen LogP contribution is 2.30. The molecule has 0 unspecified atom stereocenters. The third-order valence-corrected chi connectivity index (χ3v) is 3.14. The summed E-state index contributed by atoms with van der Waals surface area (Å²) in [5, 5.41) is 9.74. The first-order valence-electron chi connectivity index (χ1n) is 6.91. The molecule has 1 saturated carbocycles. The van der Waals surface area contributed by atoms with E-state index >= 15 is 0 Å². The van der Waals surface area contributed by atoms with Gasteiger partial charge in [0.1, 0.15) is 0 Å². The largest absolute Gasteiger partial charge is 0.398 e. The zero-order chi connectivity index (χ0) is 15.1. The molecule has 21 heavy (non-hydrogen) atoms. The van der Waals surface area contributed by atoms with Crippen LogP contribution in [0.5, 0.6) is 0 Å². The van der Waals surface area contributed by atoms with Crippen LogP contribution in [-0.4, -0.2) is 12.1 Å². The second kappa shape index (κ2) is 7.24. The standard InChI is InChI=1S/C10H11NO.C7H8N2/c12-10(8-6-7-8)11-9-4-2-1-3-5-9;8-5-6-3-1-2-4-7(6)9/h1-5,8H,6-7H2,(H,11,12);1-5,8H,9H2. The summed E-state index contributed by atoms with van der Waals surface area (Å²) in [7, 11) is 0. The average molecular weight is 281 g/mol. The molecular formula is C17H19N3O. The molecule has 2 aromatic rings. The van der Waals surface area contributed by atoms with E-state index in [1.807, 2.05) is 48.5 Å². The molecule has 4 heteroatoms. The molecule has 0 aromatic heterocycles. The van der Waals surface area contributed by atoms with Crippen LogP contribution in [0.3, 0.4) is 0 Å². The summed E-state index contributed by atoms with van der Waals surface area (Å²) in [4.78, 5) is 11.3. The van der Waals surface area contributed by atoms with Crippen molar-refractivity contribution >= 4 is 23.5 Å². The van der Waals surface area contributed by atoms with Gasteiger partial charge in [0.2, 0.25) is 5.91 Å². The minimum Gasteiger partial charge on any atom is -0.398 e. The molecule has 1 aliphatic rings. The molecular weight excluding hydrogens is 262 g/mol. The van der Waals surface area contributed by atoms with Crippen LogP contribution >= 0.6 is 0 Å². The predicted octanol–water partition coefficient (Wildman–Crippen LogP) is 3.30. The number of nitrogen functional groups attached to an aromatic ring is 1. The lowest BCUT2D eigenvalue weighted by molar-refractivity contribution is -0.117. The van der Waals surface area contributed by atoms with Crippen molar-refractivity contribution < 1.29 is 4.79 Å². The Morgan fingerprint density at radius 2 is 1.71 bits per heavy atom. The smallest absolute Gasteiger partial charge is 0.227 e. The first-order chi connectivity index (χ1) is 10.2. The van der Waals surface area contributed by atoms with Crippen molar-refractivity contribution in [2.75, 3.05) is 11.1 Å². The summed E-state index contributed by atoms with van der Waals surface area (Å²) in [6, 6.07) is 16.9. The molecule has 4 N–H and O–H groups in total. The summed E-state index contributed by atoms with van der Waals surface area (Å²) in [5.41, 5.74) is 7.81. The van der Waals surface area contributed by atoms with E-state index in [4.69, 9.17) is 11.1 Å². The maximum Gasteiger partial charge on any atom is 0.227 e. The van der Waals surface area contributed by atoms with Crippen LogP contribution in [0.1, 0.15) is 18.4 Å². The maximum absolute atomic E-state index is 11.3. The van der Waals surface area contributed by atoms with E-state index in [-0.39, 0.29) is 11.8 Å². The molecule has 108 valence electrons. The van der Waals surface area contributed by atoms with Gasteiger partial charge in [0.25, 0.3) is 0 Å². The van der Waals surface area contributed by atoms with E-state index in [1.165, 1.54) is 6.21 Å². The molecule has 1 amide bonds. The Morgan fingerprint density at radius 3 is 2.24 bits per heavy atom. The van der Waals surface area contributed by atoms with Gasteiger partial charge in [0.05, 0.1) is 0 Å². The van der Waals surface area contributed by atoms with Crippen molar-refractivity contribution in [3.05, 3.63) is 60.2 Å². The monoisotopic (exact) mass is 281 g/mol. The Hall–Kier alpha value is -2.62.